The molecule has 1 atom stereocenters. The lowest BCUT2D eigenvalue weighted by Crippen LogP contribution is -2.27. The predicted octanol–water partition coefficient (Wildman–Crippen LogP) is 3.45. The molecular formula is C18H21NO2. The second-order valence-electron chi connectivity index (χ2n) is 5.31. The Balaban J connectivity index is 1.72. The summed E-state index contributed by atoms with van der Waals surface area (Å²) in [7, 11) is 1.74. The highest BCUT2D eigenvalue weighted by Crippen LogP contribution is 2.31. The van der Waals surface area contributed by atoms with E-state index in [1.165, 1.54) is 16.7 Å². The number of ether oxygens (including phenoxy) is 2. The van der Waals surface area contributed by atoms with Crippen LogP contribution in [0.4, 0.5) is 0 Å². The Morgan fingerprint density at radius 3 is 2.71 bits per heavy atom. The van der Waals surface area contributed by atoms with Crippen LogP contribution in [0.3, 0.4) is 0 Å². The van der Waals surface area contributed by atoms with Gasteiger partial charge < -0.3 is 14.8 Å². The smallest absolute Gasteiger partial charge is 0.124 e. The molecule has 3 heteroatoms. The molecule has 0 saturated heterocycles. The zero-order valence-corrected chi connectivity index (χ0v) is 12.3. The van der Waals surface area contributed by atoms with Gasteiger partial charge in [-0.3, -0.25) is 0 Å². The molecule has 0 aromatic heterocycles. The standard InChI is InChI=1S/C18H21NO2/c1-20-13-15-7-3-2-6-14(15)12-19-17-10-11-21-18-9-5-4-8-16(17)18/h2-9,17,19H,10-13H2,1H3. The molecule has 3 nitrogen and oxygen atoms in total. The van der Waals surface area contributed by atoms with Crippen LogP contribution >= 0.6 is 0 Å². The number of benzene rings is 2. The van der Waals surface area contributed by atoms with Gasteiger partial charge in [0.25, 0.3) is 0 Å². The molecule has 1 unspecified atom stereocenters. The van der Waals surface area contributed by atoms with Gasteiger partial charge in [-0.25, -0.2) is 0 Å². The Morgan fingerprint density at radius 2 is 1.86 bits per heavy atom. The lowest BCUT2D eigenvalue weighted by molar-refractivity contribution is 0.184. The molecule has 21 heavy (non-hydrogen) atoms. The van der Waals surface area contributed by atoms with E-state index in [2.05, 4.69) is 41.7 Å². The minimum Gasteiger partial charge on any atom is -0.493 e. The molecule has 0 saturated carbocycles. The maximum absolute atomic E-state index is 5.71. The van der Waals surface area contributed by atoms with Gasteiger partial charge in [-0.05, 0) is 17.2 Å². The highest BCUT2D eigenvalue weighted by atomic mass is 16.5. The van der Waals surface area contributed by atoms with Crippen LogP contribution in [0.2, 0.25) is 0 Å². The summed E-state index contributed by atoms with van der Waals surface area (Å²) in [4.78, 5) is 0. The number of methoxy groups -OCH3 is 1. The van der Waals surface area contributed by atoms with Crippen molar-refractivity contribution in [1.29, 1.82) is 0 Å². The predicted molar refractivity (Wildman–Crippen MR) is 83.3 cm³/mol. The van der Waals surface area contributed by atoms with Gasteiger partial charge in [0.1, 0.15) is 5.75 Å². The number of hydrogen-bond donors (Lipinski definition) is 1. The first-order valence-corrected chi connectivity index (χ1v) is 7.39. The van der Waals surface area contributed by atoms with Crippen molar-refractivity contribution in [1.82, 2.24) is 5.32 Å². The van der Waals surface area contributed by atoms with Gasteiger partial charge in [0.15, 0.2) is 0 Å². The third kappa shape index (κ3) is 3.26. The van der Waals surface area contributed by atoms with Crippen molar-refractivity contribution in [2.45, 2.75) is 25.6 Å². The third-order valence-corrected chi connectivity index (χ3v) is 3.92. The first-order chi connectivity index (χ1) is 10.4. The van der Waals surface area contributed by atoms with Crippen LogP contribution < -0.4 is 10.1 Å². The zero-order chi connectivity index (χ0) is 14.5. The van der Waals surface area contributed by atoms with Gasteiger partial charge in [-0.15, -0.1) is 0 Å². The van der Waals surface area contributed by atoms with Gasteiger partial charge in [0.2, 0.25) is 0 Å². The second kappa shape index (κ2) is 6.74. The largest absolute Gasteiger partial charge is 0.493 e. The maximum Gasteiger partial charge on any atom is 0.124 e. The second-order valence-corrected chi connectivity index (χ2v) is 5.31. The number of para-hydroxylation sites is 1. The van der Waals surface area contributed by atoms with Crippen LogP contribution in [0.25, 0.3) is 0 Å². The molecule has 1 aliphatic heterocycles. The fourth-order valence-electron chi connectivity index (χ4n) is 2.81. The van der Waals surface area contributed by atoms with E-state index in [-0.39, 0.29) is 0 Å². The van der Waals surface area contributed by atoms with Gasteiger partial charge in [0, 0.05) is 31.7 Å². The molecule has 0 fully saturated rings. The zero-order valence-electron chi connectivity index (χ0n) is 12.3. The van der Waals surface area contributed by atoms with E-state index in [4.69, 9.17) is 9.47 Å². The highest BCUT2D eigenvalue weighted by Gasteiger charge is 2.20. The van der Waals surface area contributed by atoms with Crippen molar-refractivity contribution >= 4 is 0 Å². The third-order valence-electron chi connectivity index (χ3n) is 3.92. The summed E-state index contributed by atoms with van der Waals surface area (Å²) in [6.45, 7) is 2.27. The van der Waals surface area contributed by atoms with Crippen LogP contribution in [0.1, 0.15) is 29.2 Å². The maximum atomic E-state index is 5.71. The van der Waals surface area contributed by atoms with E-state index in [0.29, 0.717) is 12.6 Å². The molecule has 1 heterocycles. The molecule has 0 aliphatic carbocycles. The highest BCUT2D eigenvalue weighted by molar-refractivity contribution is 5.37. The van der Waals surface area contributed by atoms with Crippen LogP contribution in [0.15, 0.2) is 48.5 Å². The minimum absolute atomic E-state index is 0.352. The average Bonchev–Trinajstić information content (AvgIpc) is 2.54. The number of rotatable bonds is 5. The molecule has 110 valence electrons. The van der Waals surface area contributed by atoms with Crippen molar-refractivity contribution in [2.75, 3.05) is 13.7 Å². The molecule has 0 bridgehead atoms. The quantitative estimate of drug-likeness (QED) is 0.911. The Labute approximate surface area is 125 Å². The fraction of sp³-hybridized carbons (Fsp3) is 0.333. The molecule has 1 N–H and O–H groups in total. The van der Waals surface area contributed by atoms with Crippen molar-refractivity contribution < 1.29 is 9.47 Å². The number of fused-ring (bicyclic) bond motifs is 1. The lowest BCUT2D eigenvalue weighted by Gasteiger charge is -2.27. The summed E-state index contributed by atoms with van der Waals surface area (Å²) < 4.78 is 11.0. The van der Waals surface area contributed by atoms with Gasteiger partial charge in [0.05, 0.1) is 13.2 Å². The topological polar surface area (TPSA) is 30.5 Å². The van der Waals surface area contributed by atoms with Crippen LogP contribution in [-0.2, 0) is 17.9 Å². The molecule has 2 aromatic carbocycles. The lowest BCUT2D eigenvalue weighted by atomic mass is 10.00. The van der Waals surface area contributed by atoms with Crippen LogP contribution in [-0.4, -0.2) is 13.7 Å². The molecule has 0 spiro atoms. The normalized spacial score (nSPS) is 17.1. The van der Waals surface area contributed by atoms with Gasteiger partial charge in [-0.2, -0.15) is 0 Å². The summed E-state index contributed by atoms with van der Waals surface area (Å²) in [6, 6.07) is 17.1. The minimum atomic E-state index is 0.352. The van der Waals surface area contributed by atoms with Crippen LogP contribution in [0.5, 0.6) is 5.75 Å². The molecule has 0 radical (unpaired) electrons. The van der Waals surface area contributed by atoms with Gasteiger partial charge >= 0.3 is 0 Å². The van der Waals surface area contributed by atoms with Crippen molar-refractivity contribution in [3.05, 3.63) is 65.2 Å². The molecule has 1 aliphatic rings. The summed E-state index contributed by atoms with van der Waals surface area (Å²) >= 11 is 0. The first kappa shape index (κ1) is 14.1. The molecular weight excluding hydrogens is 262 g/mol. The summed E-state index contributed by atoms with van der Waals surface area (Å²) in [5.74, 6) is 1.01. The first-order valence-electron chi connectivity index (χ1n) is 7.39. The van der Waals surface area contributed by atoms with Crippen molar-refractivity contribution in [3.63, 3.8) is 0 Å². The van der Waals surface area contributed by atoms with E-state index in [1.54, 1.807) is 7.11 Å². The van der Waals surface area contributed by atoms with E-state index in [0.717, 1.165) is 25.3 Å². The summed E-state index contributed by atoms with van der Waals surface area (Å²) in [6.07, 6.45) is 1.00. The average molecular weight is 283 g/mol. The van der Waals surface area contributed by atoms with Crippen molar-refractivity contribution in [2.24, 2.45) is 0 Å². The van der Waals surface area contributed by atoms with E-state index in [9.17, 15) is 0 Å². The van der Waals surface area contributed by atoms with Crippen LogP contribution in [0, 0.1) is 0 Å². The van der Waals surface area contributed by atoms with E-state index in [1.807, 2.05) is 12.1 Å². The SMILES string of the molecule is COCc1ccccc1CNC1CCOc2ccccc21. The van der Waals surface area contributed by atoms with Gasteiger partial charge in [-0.1, -0.05) is 42.5 Å². The Bertz CT molecular complexity index is 597. The number of nitrogens with one attached hydrogen (secondary N) is 1. The fourth-order valence-corrected chi connectivity index (χ4v) is 2.81. The molecule has 2 aromatic rings. The van der Waals surface area contributed by atoms with E-state index < -0.39 is 0 Å². The van der Waals surface area contributed by atoms with Crippen molar-refractivity contribution in [3.8, 4) is 5.75 Å². The Morgan fingerprint density at radius 1 is 1.10 bits per heavy atom. The summed E-state index contributed by atoms with van der Waals surface area (Å²) in [5, 5.41) is 3.66. The monoisotopic (exact) mass is 283 g/mol. The Hall–Kier alpha value is -1.84. The molecule has 3 rings (SSSR count). The molecule has 0 amide bonds. The van der Waals surface area contributed by atoms with E-state index >= 15 is 0 Å². The number of hydrogen-bond acceptors (Lipinski definition) is 3. The summed E-state index contributed by atoms with van der Waals surface area (Å²) in [5.41, 5.74) is 3.80. The Kier molecular flexibility index (Phi) is 4.53.